The van der Waals surface area contributed by atoms with E-state index in [0.717, 1.165) is 11.3 Å². The monoisotopic (exact) mass is 540 g/mol. The maximum atomic E-state index is 14.2. The molecule has 0 saturated carbocycles. The van der Waals surface area contributed by atoms with Crippen molar-refractivity contribution in [1.29, 1.82) is 0 Å². The molecule has 1 aliphatic rings. The Balaban J connectivity index is 1.67. The maximum absolute atomic E-state index is 14.2. The predicted molar refractivity (Wildman–Crippen MR) is 153 cm³/mol. The third-order valence-electron chi connectivity index (χ3n) is 7.54. The van der Waals surface area contributed by atoms with Crippen LogP contribution in [0.15, 0.2) is 58.4 Å². The van der Waals surface area contributed by atoms with Gasteiger partial charge in [-0.2, -0.15) is 4.98 Å². The molecule has 40 heavy (non-hydrogen) atoms. The largest absolute Gasteiger partial charge is 0.454 e. The van der Waals surface area contributed by atoms with Gasteiger partial charge in [0, 0.05) is 37.3 Å². The van der Waals surface area contributed by atoms with Gasteiger partial charge in [0.05, 0.1) is 16.8 Å². The number of hydrogen-bond acceptors (Lipinski definition) is 7. The molecular formula is C30H29FN6O3. The van der Waals surface area contributed by atoms with Gasteiger partial charge in [0.2, 0.25) is 5.91 Å². The molecule has 1 atom stereocenters. The number of hydrogen-bond donors (Lipinski definition) is 0. The summed E-state index contributed by atoms with van der Waals surface area (Å²) < 4.78 is 21.8. The van der Waals surface area contributed by atoms with E-state index in [1.807, 2.05) is 44.7 Å². The zero-order chi connectivity index (χ0) is 28.3. The van der Waals surface area contributed by atoms with Gasteiger partial charge < -0.3 is 14.2 Å². The molecule has 0 bridgehead atoms. The molecule has 0 aliphatic carbocycles. The predicted octanol–water partition coefficient (Wildman–Crippen LogP) is 4.87. The molecule has 6 rings (SSSR count). The molecule has 0 N–H and O–H groups in total. The number of rotatable bonds is 4. The number of nitrogens with zero attached hydrogens (tertiary/aromatic N) is 6. The van der Waals surface area contributed by atoms with Crippen LogP contribution in [-0.4, -0.2) is 56.0 Å². The van der Waals surface area contributed by atoms with Crippen molar-refractivity contribution in [2.24, 2.45) is 0 Å². The number of pyridine rings is 2. The molecule has 1 amide bonds. The Morgan fingerprint density at radius 2 is 1.95 bits per heavy atom. The van der Waals surface area contributed by atoms with Crippen LogP contribution in [0, 0.1) is 12.7 Å². The molecule has 0 spiro atoms. The molecule has 204 valence electrons. The third-order valence-corrected chi connectivity index (χ3v) is 7.54. The minimum absolute atomic E-state index is 0.0274. The Kier molecular flexibility index (Phi) is 6.13. The molecule has 1 aliphatic heterocycles. The van der Waals surface area contributed by atoms with Gasteiger partial charge in [0.1, 0.15) is 22.7 Å². The Hall–Kier alpha value is -4.60. The van der Waals surface area contributed by atoms with Gasteiger partial charge in [-0.15, -0.1) is 0 Å². The van der Waals surface area contributed by atoms with Gasteiger partial charge in [-0.05, 0) is 61.7 Å². The molecule has 1 fully saturated rings. The fourth-order valence-corrected chi connectivity index (χ4v) is 5.58. The molecule has 10 heteroatoms. The SMILES string of the molecule is C=CC(=O)N1CCN(c2nc(=O)n(-c3c(C)ccnc3C(C)C)c3nc4c(cc23)oc2ccc(F)cc24)[C@@H](C)C1. The van der Waals surface area contributed by atoms with Crippen molar-refractivity contribution < 1.29 is 13.6 Å². The summed E-state index contributed by atoms with van der Waals surface area (Å²) in [6, 6.07) is 7.85. The standard InChI is InChI=1S/C30H29FN6O3/c1-6-24(38)35-11-12-36(18(5)15-35)28-21-14-23-26(20-13-19(31)7-8-22(20)40-23)33-29(21)37(30(39)34-28)27-17(4)9-10-32-25(27)16(2)3/h6-10,13-14,16,18H,1,11-12,15H2,2-5H3/t18-/m0/s1. The highest BCUT2D eigenvalue weighted by Gasteiger charge is 2.30. The quantitative estimate of drug-likeness (QED) is 0.300. The number of carbonyl (C=O) groups is 1. The van der Waals surface area contributed by atoms with E-state index >= 15 is 0 Å². The van der Waals surface area contributed by atoms with Crippen LogP contribution >= 0.6 is 0 Å². The number of carbonyl (C=O) groups excluding carboxylic acids is 1. The van der Waals surface area contributed by atoms with Crippen molar-refractivity contribution in [3.63, 3.8) is 0 Å². The molecule has 5 heterocycles. The lowest BCUT2D eigenvalue weighted by Crippen LogP contribution is -2.54. The summed E-state index contributed by atoms with van der Waals surface area (Å²) in [5, 5.41) is 1.13. The summed E-state index contributed by atoms with van der Waals surface area (Å²) >= 11 is 0. The first-order valence-corrected chi connectivity index (χ1v) is 13.3. The summed E-state index contributed by atoms with van der Waals surface area (Å²) in [5.74, 6) is -0.0514. The molecule has 0 radical (unpaired) electrons. The Morgan fingerprint density at radius 3 is 2.67 bits per heavy atom. The number of fused-ring (bicyclic) bond motifs is 4. The van der Waals surface area contributed by atoms with E-state index in [1.54, 1.807) is 17.2 Å². The van der Waals surface area contributed by atoms with Crippen molar-refractivity contribution in [3.05, 3.63) is 76.7 Å². The van der Waals surface area contributed by atoms with Gasteiger partial charge in [0.15, 0.2) is 11.2 Å². The van der Waals surface area contributed by atoms with Crippen LogP contribution < -0.4 is 10.6 Å². The maximum Gasteiger partial charge on any atom is 0.355 e. The lowest BCUT2D eigenvalue weighted by atomic mass is 10.0. The van der Waals surface area contributed by atoms with Crippen LogP contribution in [0.3, 0.4) is 0 Å². The summed E-state index contributed by atoms with van der Waals surface area (Å²) in [4.78, 5) is 44.1. The average Bonchev–Trinajstić information content (AvgIpc) is 3.28. The van der Waals surface area contributed by atoms with Crippen LogP contribution in [0.2, 0.25) is 0 Å². The third kappa shape index (κ3) is 4.02. The summed E-state index contributed by atoms with van der Waals surface area (Å²) in [5.41, 5.74) is 3.52. The highest BCUT2D eigenvalue weighted by Crippen LogP contribution is 2.35. The van der Waals surface area contributed by atoms with E-state index in [2.05, 4.69) is 16.5 Å². The number of aromatic nitrogens is 4. The number of piperazine rings is 1. The van der Waals surface area contributed by atoms with Crippen molar-refractivity contribution in [2.75, 3.05) is 24.5 Å². The molecule has 4 aromatic heterocycles. The number of halogens is 1. The van der Waals surface area contributed by atoms with Crippen LogP contribution in [-0.2, 0) is 4.79 Å². The van der Waals surface area contributed by atoms with E-state index in [4.69, 9.17) is 9.40 Å². The van der Waals surface area contributed by atoms with E-state index in [1.165, 1.54) is 22.8 Å². The fourth-order valence-electron chi connectivity index (χ4n) is 5.58. The number of furan rings is 1. The van der Waals surface area contributed by atoms with Gasteiger partial charge in [0.25, 0.3) is 0 Å². The van der Waals surface area contributed by atoms with E-state index in [9.17, 15) is 14.0 Å². The number of aryl methyl sites for hydroxylation is 1. The summed E-state index contributed by atoms with van der Waals surface area (Å²) in [6.07, 6.45) is 3.04. The first kappa shape index (κ1) is 25.7. The molecule has 1 saturated heterocycles. The minimum atomic E-state index is -0.497. The highest BCUT2D eigenvalue weighted by atomic mass is 19.1. The fraction of sp³-hybridized carbons (Fsp3) is 0.300. The van der Waals surface area contributed by atoms with E-state index < -0.39 is 11.5 Å². The zero-order valence-corrected chi connectivity index (χ0v) is 22.8. The normalized spacial score (nSPS) is 16.0. The van der Waals surface area contributed by atoms with Crippen molar-refractivity contribution in [1.82, 2.24) is 24.4 Å². The topological polar surface area (TPSA) is 97.4 Å². The van der Waals surface area contributed by atoms with Crippen molar-refractivity contribution >= 4 is 44.8 Å². The first-order valence-electron chi connectivity index (χ1n) is 13.3. The molecular weight excluding hydrogens is 511 g/mol. The van der Waals surface area contributed by atoms with Crippen LogP contribution in [0.4, 0.5) is 10.2 Å². The molecule has 9 nitrogen and oxygen atoms in total. The number of benzene rings is 1. The van der Waals surface area contributed by atoms with Crippen LogP contribution in [0.5, 0.6) is 0 Å². The van der Waals surface area contributed by atoms with Gasteiger partial charge in [-0.3, -0.25) is 9.78 Å². The molecule has 1 aromatic carbocycles. The average molecular weight is 541 g/mol. The van der Waals surface area contributed by atoms with Gasteiger partial charge >= 0.3 is 5.69 Å². The highest BCUT2D eigenvalue weighted by molar-refractivity contribution is 6.07. The lowest BCUT2D eigenvalue weighted by Gasteiger charge is -2.40. The number of anilines is 1. The smallest absolute Gasteiger partial charge is 0.355 e. The second-order valence-corrected chi connectivity index (χ2v) is 10.5. The van der Waals surface area contributed by atoms with Crippen LogP contribution in [0.1, 0.15) is 37.9 Å². The van der Waals surface area contributed by atoms with Crippen molar-refractivity contribution in [3.8, 4) is 5.69 Å². The van der Waals surface area contributed by atoms with Gasteiger partial charge in [-0.1, -0.05) is 20.4 Å². The summed E-state index contributed by atoms with van der Waals surface area (Å²) in [7, 11) is 0. The van der Waals surface area contributed by atoms with Crippen molar-refractivity contribution in [2.45, 2.75) is 39.7 Å². The lowest BCUT2D eigenvalue weighted by molar-refractivity contribution is -0.126. The van der Waals surface area contributed by atoms with E-state index in [-0.39, 0.29) is 17.9 Å². The second-order valence-electron chi connectivity index (χ2n) is 10.5. The molecule has 0 unspecified atom stereocenters. The summed E-state index contributed by atoms with van der Waals surface area (Å²) in [6.45, 7) is 12.9. The zero-order valence-electron chi connectivity index (χ0n) is 22.8. The van der Waals surface area contributed by atoms with Crippen LogP contribution in [0.25, 0.3) is 38.8 Å². The Labute approximate surface area is 229 Å². The number of amides is 1. The first-order chi connectivity index (χ1) is 19.2. The Bertz CT molecular complexity index is 1890. The van der Waals surface area contributed by atoms with E-state index in [0.29, 0.717) is 64.2 Å². The second kappa shape index (κ2) is 9.55. The Morgan fingerprint density at radius 1 is 1.15 bits per heavy atom. The minimum Gasteiger partial charge on any atom is -0.454 e. The molecule has 5 aromatic rings. The van der Waals surface area contributed by atoms with Gasteiger partial charge in [-0.25, -0.2) is 18.7 Å².